The summed E-state index contributed by atoms with van der Waals surface area (Å²) in [5, 5.41) is 0. The summed E-state index contributed by atoms with van der Waals surface area (Å²) in [4.78, 5) is 16.4. The molecule has 0 aliphatic carbocycles. The third kappa shape index (κ3) is 2.29. The maximum Gasteiger partial charge on any atom is 0.195 e. The van der Waals surface area contributed by atoms with E-state index in [1.165, 1.54) is 0 Å². The van der Waals surface area contributed by atoms with E-state index in [9.17, 15) is 4.79 Å². The summed E-state index contributed by atoms with van der Waals surface area (Å²) in [6.45, 7) is 3.88. The van der Waals surface area contributed by atoms with Crippen LogP contribution < -0.4 is 0 Å². The molecule has 0 bridgehead atoms. The molecular formula is C14H12BrNO. The molecule has 0 spiro atoms. The maximum atomic E-state index is 12.4. The zero-order valence-electron chi connectivity index (χ0n) is 9.70. The lowest BCUT2D eigenvalue weighted by atomic mass is 10.00. The molecule has 0 saturated carbocycles. The Balaban J connectivity index is 2.52. The van der Waals surface area contributed by atoms with Gasteiger partial charge in [0, 0.05) is 28.0 Å². The lowest BCUT2D eigenvalue weighted by Crippen LogP contribution is -2.05. The summed E-state index contributed by atoms with van der Waals surface area (Å²) < 4.78 is 0.855. The molecule has 17 heavy (non-hydrogen) atoms. The first-order valence-electron chi connectivity index (χ1n) is 5.31. The van der Waals surface area contributed by atoms with Crippen LogP contribution in [0.5, 0.6) is 0 Å². The summed E-state index contributed by atoms with van der Waals surface area (Å²) in [6.07, 6.45) is 3.31. The highest BCUT2D eigenvalue weighted by Gasteiger charge is 2.15. The van der Waals surface area contributed by atoms with Gasteiger partial charge in [-0.05, 0) is 53.0 Å². The second kappa shape index (κ2) is 4.80. The molecule has 0 aliphatic heterocycles. The van der Waals surface area contributed by atoms with Gasteiger partial charge in [-0.3, -0.25) is 9.78 Å². The molecule has 2 nitrogen and oxygen atoms in total. The van der Waals surface area contributed by atoms with Crippen molar-refractivity contribution in [3.63, 3.8) is 0 Å². The van der Waals surface area contributed by atoms with Crippen molar-refractivity contribution in [1.29, 1.82) is 0 Å². The number of aromatic nitrogens is 1. The Hall–Kier alpha value is -1.48. The monoisotopic (exact) mass is 289 g/mol. The van der Waals surface area contributed by atoms with Gasteiger partial charge in [-0.1, -0.05) is 12.1 Å². The lowest BCUT2D eigenvalue weighted by molar-refractivity contribution is 0.103. The third-order valence-electron chi connectivity index (χ3n) is 2.72. The fourth-order valence-corrected chi connectivity index (χ4v) is 2.11. The Bertz CT molecular complexity index is 578. The number of halogens is 1. The minimum absolute atomic E-state index is 0.00572. The number of carbonyl (C=O) groups excluding carboxylic acids is 1. The average molecular weight is 290 g/mol. The van der Waals surface area contributed by atoms with Gasteiger partial charge in [-0.25, -0.2) is 0 Å². The Morgan fingerprint density at radius 3 is 2.59 bits per heavy atom. The maximum absolute atomic E-state index is 12.4. The Morgan fingerprint density at radius 2 is 1.88 bits per heavy atom. The van der Waals surface area contributed by atoms with Crippen LogP contribution in [0.3, 0.4) is 0 Å². The molecule has 0 aliphatic rings. The minimum Gasteiger partial charge on any atom is -0.288 e. The average Bonchev–Trinajstić information content (AvgIpc) is 2.32. The van der Waals surface area contributed by atoms with E-state index in [1.807, 2.05) is 38.1 Å². The zero-order chi connectivity index (χ0) is 12.4. The first-order chi connectivity index (χ1) is 8.11. The topological polar surface area (TPSA) is 30.0 Å². The normalized spacial score (nSPS) is 10.3. The van der Waals surface area contributed by atoms with Crippen molar-refractivity contribution in [2.75, 3.05) is 0 Å². The van der Waals surface area contributed by atoms with Crippen LogP contribution in [-0.4, -0.2) is 10.8 Å². The summed E-state index contributed by atoms with van der Waals surface area (Å²) in [5.74, 6) is 0.00572. The van der Waals surface area contributed by atoms with Gasteiger partial charge in [0.15, 0.2) is 5.78 Å². The number of hydrogen-bond acceptors (Lipinski definition) is 2. The van der Waals surface area contributed by atoms with Gasteiger partial charge < -0.3 is 0 Å². The molecule has 3 heteroatoms. The summed E-state index contributed by atoms with van der Waals surface area (Å²) in [5.41, 5.74) is 3.33. The SMILES string of the molecule is Cc1ccncc1C(=O)c1cccc(C)c1Br. The van der Waals surface area contributed by atoms with Crippen LogP contribution in [0.2, 0.25) is 0 Å². The molecule has 86 valence electrons. The first-order valence-corrected chi connectivity index (χ1v) is 6.11. The fraction of sp³-hybridized carbons (Fsp3) is 0.143. The van der Waals surface area contributed by atoms with Crippen molar-refractivity contribution in [3.8, 4) is 0 Å². The number of ketones is 1. The van der Waals surface area contributed by atoms with Crippen LogP contribution in [-0.2, 0) is 0 Å². The number of carbonyl (C=O) groups is 1. The van der Waals surface area contributed by atoms with Crippen molar-refractivity contribution >= 4 is 21.7 Å². The summed E-state index contributed by atoms with van der Waals surface area (Å²) in [7, 11) is 0. The second-order valence-corrected chi connectivity index (χ2v) is 4.75. The van der Waals surface area contributed by atoms with E-state index < -0.39 is 0 Å². The number of pyridine rings is 1. The lowest BCUT2D eigenvalue weighted by Gasteiger charge is -2.07. The molecule has 0 radical (unpaired) electrons. The summed E-state index contributed by atoms with van der Waals surface area (Å²) >= 11 is 3.46. The number of benzene rings is 1. The molecule has 1 aromatic heterocycles. The molecule has 0 N–H and O–H groups in total. The Labute approximate surface area is 109 Å². The van der Waals surface area contributed by atoms with Gasteiger partial charge in [0.1, 0.15) is 0 Å². The number of aryl methyl sites for hydroxylation is 2. The second-order valence-electron chi connectivity index (χ2n) is 3.96. The van der Waals surface area contributed by atoms with E-state index in [4.69, 9.17) is 0 Å². The van der Waals surface area contributed by atoms with Crippen molar-refractivity contribution in [3.05, 3.63) is 63.4 Å². The third-order valence-corrected chi connectivity index (χ3v) is 3.77. The number of nitrogens with zero attached hydrogens (tertiary/aromatic N) is 1. The van der Waals surface area contributed by atoms with E-state index in [1.54, 1.807) is 12.4 Å². The van der Waals surface area contributed by atoms with E-state index >= 15 is 0 Å². The van der Waals surface area contributed by atoms with Crippen LogP contribution in [0.4, 0.5) is 0 Å². The van der Waals surface area contributed by atoms with Gasteiger partial charge in [-0.2, -0.15) is 0 Å². The molecular weight excluding hydrogens is 278 g/mol. The standard InChI is InChI=1S/C14H12BrNO/c1-9-6-7-16-8-12(9)14(17)11-5-3-4-10(2)13(11)15/h3-8H,1-2H3. The summed E-state index contributed by atoms with van der Waals surface area (Å²) in [6, 6.07) is 7.53. The molecule has 0 saturated heterocycles. The molecule has 0 unspecified atom stereocenters. The molecule has 2 aromatic rings. The molecule has 1 aromatic carbocycles. The van der Waals surface area contributed by atoms with Crippen LogP contribution in [0.1, 0.15) is 27.0 Å². The highest BCUT2D eigenvalue weighted by atomic mass is 79.9. The van der Waals surface area contributed by atoms with Crippen LogP contribution in [0.25, 0.3) is 0 Å². The van der Waals surface area contributed by atoms with Crippen molar-refractivity contribution in [1.82, 2.24) is 4.98 Å². The van der Waals surface area contributed by atoms with Crippen LogP contribution in [0.15, 0.2) is 41.1 Å². The first kappa shape index (κ1) is 12.0. The number of hydrogen-bond donors (Lipinski definition) is 0. The predicted octanol–water partition coefficient (Wildman–Crippen LogP) is 3.69. The predicted molar refractivity (Wildman–Crippen MR) is 71.3 cm³/mol. The van der Waals surface area contributed by atoms with Crippen molar-refractivity contribution < 1.29 is 4.79 Å². The molecule has 1 heterocycles. The van der Waals surface area contributed by atoms with Gasteiger partial charge in [0.05, 0.1) is 0 Å². The van der Waals surface area contributed by atoms with E-state index in [-0.39, 0.29) is 5.78 Å². The van der Waals surface area contributed by atoms with E-state index in [0.29, 0.717) is 11.1 Å². The van der Waals surface area contributed by atoms with Gasteiger partial charge in [0.25, 0.3) is 0 Å². The minimum atomic E-state index is 0.00572. The largest absolute Gasteiger partial charge is 0.288 e. The smallest absolute Gasteiger partial charge is 0.195 e. The zero-order valence-corrected chi connectivity index (χ0v) is 11.3. The quantitative estimate of drug-likeness (QED) is 0.789. The molecule has 0 atom stereocenters. The van der Waals surface area contributed by atoms with Gasteiger partial charge in [0.2, 0.25) is 0 Å². The van der Waals surface area contributed by atoms with Gasteiger partial charge >= 0.3 is 0 Å². The molecule has 2 rings (SSSR count). The highest BCUT2D eigenvalue weighted by molar-refractivity contribution is 9.10. The van der Waals surface area contributed by atoms with Crippen molar-refractivity contribution in [2.45, 2.75) is 13.8 Å². The van der Waals surface area contributed by atoms with E-state index in [2.05, 4.69) is 20.9 Å². The fourth-order valence-electron chi connectivity index (χ4n) is 1.67. The van der Waals surface area contributed by atoms with Gasteiger partial charge in [-0.15, -0.1) is 0 Å². The number of rotatable bonds is 2. The Kier molecular flexibility index (Phi) is 3.38. The van der Waals surface area contributed by atoms with Crippen molar-refractivity contribution in [2.24, 2.45) is 0 Å². The van der Waals surface area contributed by atoms with E-state index in [0.717, 1.165) is 15.6 Å². The molecule has 0 amide bonds. The van der Waals surface area contributed by atoms with Crippen LogP contribution >= 0.6 is 15.9 Å². The molecule has 0 fully saturated rings. The Morgan fingerprint density at radius 1 is 1.12 bits per heavy atom. The highest BCUT2D eigenvalue weighted by Crippen LogP contribution is 2.24. The van der Waals surface area contributed by atoms with Crippen LogP contribution in [0, 0.1) is 13.8 Å².